The number of ether oxygens (including phenoxy) is 2. The van der Waals surface area contributed by atoms with Gasteiger partial charge in [0.15, 0.2) is 11.5 Å². The quantitative estimate of drug-likeness (QED) is 0.775. The summed E-state index contributed by atoms with van der Waals surface area (Å²) in [5, 5.41) is 4.16. The maximum Gasteiger partial charge on any atom is 0.163 e. The van der Waals surface area contributed by atoms with Crippen LogP contribution in [0.1, 0.15) is 5.82 Å². The van der Waals surface area contributed by atoms with Crippen molar-refractivity contribution in [1.29, 1.82) is 0 Å². The molecule has 1 N–H and O–H groups in total. The topological polar surface area (TPSA) is 65.0 Å². The summed E-state index contributed by atoms with van der Waals surface area (Å²) in [6.07, 6.45) is 3.64. The number of nitrogens with one attached hydrogen (secondary N) is 1. The maximum atomic E-state index is 5.27. The second-order valence-electron chi connectivity index (χ2n) is 4.11. The number of methoxy groups -OCH3 is 2. The molecule has 3 rings (SSSR count). The molecular formula is C13H14N4O2. The highest BCUT2D eigenvalue weighted by atomic mass is 16.5. The first kappa shape index (κ1) is 11.6. The van der Waals surface area contributed by atoms with Crippen LogP contribution in [0.15, 0.2) is 30.6 Å². The Labute approximate surface area is 110 Å². The first-order valence-electron chi connectivity index (χ1n) is 5.88. The van der Waals surface area contributed by atoms with Gasteiger partial charge in [0.1, 0.15) is 5.82 Å². The Balaban J connectivity index is 2.00. The van der Waals surface area contributed by atoms with Crippen LogP contribution in [0.5, 0.6) is 11.5 Å². The Morgan fingerprint density at radius 3 is 2.68 bits per heavy atom. The minimum Gasteiger partial charge on any atom is -0.493 e. The fourth-order valence-electron chi connectivity index (χ4n) is 2.01. The third kappa shape index (κ3) is 2.12. The highest BCUT2D eigenvalue weighted by molar-refractivity contribution is 5.79. The van der Waals surface area contributed by atoms with E-state index in [9.17, 15) is 0 Å². The van der Waals surface area contributed by atoms with Gasteiger partial charge in [0.25, 0.3) is 0 Å². The van der Waals surface area contributed by atoms with Crippen LogP contribution in [0, 0.1) is 0 Å². The first-order valence-corrected chi connectivity index (χ1v) is 5.88. The number of imidazole rings is 1. The van der Waals surface area contributed by atoms with Crippen LogP contribution in [-0.2, 0) is 6.54 Å². The number of fused-ring (bicyclic) bond motifs is 1. The minimum absolute atomic E-state index is 0.603. The molecule has 6 heteroatoms. The third-order valence-corrected chi connectivity index (χ3v) is 2.91. The number of hydrogen-bond acceptors (Lipinski definition) is 4. The predicted octanol–water partition coefficient (Wildman–Crippen LogP) is 1.82. The monoisotopic (exact) mass is 258 g/mol. The average Bonchev–Trinajstić information content (AvgIpc) is 3.05. The summed E-state index contributed by atoms with van der Waals surface area (Å²) in [7, 11) is 3.23. The fourth-order valence-corrected chi connectivity index (χ4v) is 2.01. The van der Waals surface area contributed by atoms with E-state index in [-0.39, 0.29) is 0 Å². The van der Waals surface area contributed by atoms with Gasteiger partial charge in [-0.05, 0) is 6.07 Å². The molecule has 0 aliphatic rings. The van der Waals surface area contributed by atoms with Crippen LogP contribution >= 0.6 is 0 Å². The van der Waals surface area contributed by atoms with Gasteiger partial charge in [0, 0.05) is 24.5 Å². The zero-order valence-electron chi connectivity index (χ0n) is 10.8. The van der Waals surface area contributed by atoms with Gasteiger partial charge in [0.05, 0.1) is 31.8 Å². The Kier molecular flexibility index (Phi) is 2.83. The molecule has 0 fully saturated rings. The molecule has 0 aliphatic heterocycles. The van der Waals surface area contributed by atoms with E-state index >= 15 is 0 Å². The molecule has 3 aromatic rings. The van der Waals surface area contributed by atoms with Crippen molar-refractivity contribution in [2.24, 2.45) is 0 Å². The summed E-state index contributed by atoms with van der Waals surface area (Å²) in [5.41, 5.74) is 1.76. The average molecular weight is 258 g/mol. The lowest BCUT2D eigenvalue weighted by Crippen LogP contribution is -2.01. The van der Waals surface area contributed by atoms with Gasteiger partial charge in [-0.2, -0.15) is 5.10 Å². The number of rotatable bonds is 4. The Morgan fingerprint density at radius 2 is 2.00 bits per heavy atom. The molecule has 0 saturated heterocycles. The first-order chi connectivity index (χ1) is 9.30. The van der Waals surface area contributed by atoms with Crippen LogP contribution in [0.4, 0.5) is 0 Å². The van der Waals surface area contributed by atoms with E-state index in [4.69, 9.17) is 9.47 Å². The zero-order chi connectivity index (χ0) is 13.2. The van der Waals surface area contributed by atoms with Gasteiger partial charge in [-0.25, -0.2) is 4.98 Å². The molecule has 2 heterocycles. The molecule has 6 nitrogen and oxygen atoms in total. The van der Waals surface area contributed by atoms with E-state index in [1.165, 1.54) is 0 Å². The van der Waals surface area contributed by atoms with E-state index in [1.54, 1.807) is 20.4 Å². The van der Waals surface area contributed by atoms with Crippen molar-refractivity contribution in [1.82, 2.24) is 19.7 Å². The lowest BCUT2D eigenvalue weighted by atomic mass is 10.3. The molecular weight excluding hydrogens is 244 g/mol. The van der Waals surface area contributed by atoms with Crippen molar-refractivity contribution in [2.75, 3.05) is 14.2 Å². The summed E-state index contributed by atoms with van der Waals surface area (Å²) < 4.78 is 12.3. The number of H-pyrrole nitrogens is 1. The van der Waals surface area contributed by atoms with E-state index in [2.05, 4.69) is 15.1 Å². The van der Waals surface area contributed by atoms with Gasteiger partial charge in [-0.1, -0.05) is 0 Å². The lowest BCUT2D eigenvalue weighted by Gasteiger charge is -2.06. The molecule has 19 heavy (non-hydrogen) atoms. The summed E-state index contributed by atoms with van der Waals surface area (Å²) in [4.78, 5) is 7.77. The predicted molar refractivity (Wildman–Crippen MR) is 70.5 cm³/mol. The van der Waals surface area contributed by atoms with Crippen LogP contribution in [0.3, 0.4) is 0 Å². The highest BCUT2D eigenvalue weighted by Gasteiger charge is 2.10. The standard InChI is InChI=1S/C13H14N4O2/c1-18-11-6-9-10(7-12(11)19-2)16-13(15-9)8-17-5-3-4-14-17/h3-7H,8H2,1-2H3,(H,15,16). The minimum atomic E-state index is 0.603. The van der Waals surface area contributed by atoms with Crippen LogP contribution in [0.25, 0.3) is 11.0 Å². The van der Waals surface area contributed by atoms with E-state index in [1.807, 2.05) is 29.1 Å². The molecule has 2 aromatic heterocycles. The van der Waals surface area contributed by atoms with Crippen LogP contribution in [-0.4, -0.2) is 34.0 Å². The van der Waals surface area contributed by atoms with E-state index < -0.39 is 0 Å². The van der Waals surface area contributed by atoms with Crippen molar-refractivity contribution in [3.8, 4) is 11.5 Å². The number of nitrogens with zero attached hydrogens (tertiary/aromatic N) is 3. The lowest BCUT2D eigenvalue weighted by molar-refractivity contribution is 0.356. The van der Waals surface area contributed by atoms with Crippen molar-refractivity contribution in [3.63, 3.8) is 0 Å². The normalized spacial score (nSPS) is 10.8. The number of hydrogen-bond donors (Lipinski definition) is 1. The summed E-state index contributed by atoms with van der Waals surface area (Å²) in [5.74, 6) is 2.20. The van der Waals surface area contributed by atoms with E-state index in [0.29, 0.717) is 18.0 Å². The van der Waals surface area contributed by atoms with Gasteiger partial charge >= 0.3 is 0 Å². The van der Waals surface area contributed by atoms with E-state index in [0.717, 1.165) is 16.9 Å². The molecule has 0 amide bonds. The third-order valence-electron chi connectivity index (χ3n) is 2.91. The molecule has 0 aliphatic carbocycles. The molecule has 0 radical (unpaired) electrons. The second kappa shape index (κ2) is 4.64. The summed E-state index contributed by atoms with van der Waals surface area (Å²) >= 11 is 0. The van der Waals surface area contributed by atoms with Crippen molar-refractivity contribution in [2.45, 2.75) is 6.54 Å². The Hall–Kier alpha value is -2.50. The molecule has 0 atom stereocenters. The molecule has 0 unspecified atom stereocenters. The molecule has 98 valence electrons. The van der Waals surface area contributed by atoms with Gasteiger partial charge in [-0.3, -0.25) is 4.68 Å². The van der Waals surface area contributed by atoms with Crippen LogP contribution in [0.2, 0.25) is 0 Å². The number of benzene rings is 1. The largest absolute Gasteiger partial charge is 0.493 e. The Bertz CT molecular complexity index is 647. The molecule has 0 spiro atoms. The highest BCUT2D eigenvalue weighted by Crippen LogP contribution is 2.31. The molecule has 0 bridgehead atoms. The molecule has 1 aromatic carbocycles. The smallest absolute Gasteiger partial charge is 0.163 e. The van der Waals surface area contributed by atoms with Crippen molar-refractivity contribution in [3.05, 3.63) is 36.4 Å². The second-order valence-corrected chi connectivity index (χ2v) is 4.11. The number of aromatic nitrogens is 4. The van der Waals surface area contributed by atoms with Crippen molar-refractivity contribution >= 4 is 11.0 Å². The SMILES string of the molecule is COc1cc2nc(Cn3cccn3)[nH]c2cc1OC. The maximum absolute atomic E-state index is 5.27. The van der Waals surface area contributed by atoms with Crippen LogP contribution < -0.4 is 9.47 Å². The van der Waals surface area contributed by atoms with Gasteiger partial charge < -0.3 is 14.5 Å². The summed E-state index contributed by atoms with van der Waals surface area (Å²) in [6.45, 7) is 0.603. The van der Waals surface area contributed by atoms with Gasteiger partial charge in [0.2, 0.25) is 0 Å². The fraction of sp³-hybridized carbons (Fsp3) is 0.231. The number of aromatic amines is 1. The van der Waals surface area contributed by atoms with Gasteiger partial charge in [-0.15, -0.1) is 0 Å². The van der Waals surface area contributed by atoms with Crippen molar-refractivity contribution < 1.29 is 9.47 Å². The zero-order valence-corrected chi connectivity index (χ0v) is 10.8. The summed E-state index contributed by atoms with van der Waals surface area (Å²) in [6, 6.07) is 5.62. The molecule has 0 saturated carbocycles. The Morgan fingerprint density at radius 1 is 1.21 bits per heavy atom.